The summed E-state index contributed by atoms with van der Waals surface area (Å²) >= 11 is 0. The normalized spacial score (nSPS) is 27.3. The fourth-order valence-electron chi connectivity index (χ4n) is 4.20. The van der Waals surface area contributed by atoms with Crippen molar-refractivity contribution in [3.05, 3.63) is 11.6 Å². The van der Waals surface area contributed by atoms with E-state index in [4.69, 9.17) is 4.74 Å². The maximum Gasteiger partial charge on any atom is 0.147 e. The van der Waals surface area contributed by atoms with Crippen LogP contribution in [-0.2, 0) is 17.8 Å². The van der Waals surface area contributed by atoms with Crippen LogP contribution in [0.3, 0.4) is 0 Å². The van der Waals surface area contributed by atoms with Gasteiger partial charge in [0.25, 0.3) is 0 Å². The van der Waals surface area contributed by atoms with Crippen LogP contribution in [0.25, 0.3) is 0 Å². The van der Waals surface area contributed by atoms with Gasteiger partial charge in [0, 0.05) is 25.0 Å². The summed E-state index contributed by atoms with van der Waals surface area (Å²) in [7, 11) is 0. The summed E-state index contributed by atoms with van der Waals surface area (Å²) in [4.78, 5) is 2.44. The zero-order chi connectivity index (χ0) is 16.4. The molecule has 1 saturated carbocycles. The monoisotopic (exact) mass is 322 g/mol. The Kier molecular flexibility index (Phi) is 5.04. The van der Waals surface area contributed by atoms with Gasteiger partial charge in [-0.15, -0.1) is 10.2 Å². The van der Waals surface area contributed by atoms with Gasteiger partial charge in [-0.1, -0.05) is 6.92 Å². The van der Waals surface area contributed by atoms with Crippen molar-refractivity contribution in [1.82, 2.24) is 19.7 Å². The molecule has 0 aromatic carbocycles. The molecule has 1 spiro atoms. The SMILES string of the molecule is CCCn1c(C)nnc1CN1CCC2(CC1)C(O)CC2OCC. The number of aromatic nitrogens is 3. The molecule has 1 aliphatic heterocycles. The van der Waals surface area contributed by atoms with Crippen molar-refractivity contribution < 1.29 is 9.84 Å². The number of hydrogen-bond acceptors (Lipinski definition) is 5. The molecule has 130 valence electrons. The van der Waals surface area contributed by atoms with Gasteiger partial charge in [-0.2, -0.15) is 0 Å². The van der Waals surface area contributed by atoms with Crippen LogP contribution in [0.15, 0.2) is 0 Å². The van der Waals surface area contributed by atoms with E-state index >= 15 is 0 Å². The number of rotatable bonds is 6. The Morgan fingerprint density at radius 2 is 2.00 bits per heavy atom. The molecule has 2 fully saturated rings. The van der Waals surface area contributed by atoms with Crippen LogP contribution in [0.4, 0.5) is 0 Å². The molecule has 2 aliphatic rings. The topological polar surface area (TPSA) is 63.4 Å². The number of likely N-dealkylation sites (tertiary alicyclic amines) is 1. The summed E-state index contributed by atoms with van der Waals surface area (Å²) in [6.07, 6.45) is 3.98. The largest absolute Gasteiger partial charge is 0.392 e. The highest BCUT2D eigenvalue weighted by Crippen LogP contribution is 2.51. The van der Waals surface area contributed by atoms with Crippen LogP contribution in [0.1, 0.15) is 51.2 Å². The summed E-state index contributed by atoms with van der Waals surface area (Å²) in [5.41, 5.74) is -0.000478. The second-order valence-corrected chi connectivity index (χ2v) is 7.02. The average Bonchev–Trinajstić information content (AvgIpc) is 2.89. The molecule has 3 rings (SSSR count). The number of aryl methyl sites for hydroxylation is 1. The van der Waals surface area contributed by atoms with Crippen LogP contribution in [0, 0.1) is 12.3 Å². The Labute approximate surface area is 138 Å². The predicted molar refractivity (Wildman–Crippen MR) is 88.0 cm³/mol. The first kappa shape index (κ1) is 16.9. The predicted octanol–water partition coefficient (Wildman–Crippen LogP) is 1.75. The van der Waals surface area contributed by atoms with Crippen LogP contribution in [0.2, 0.25) is 0 Å². The Hall–Kier alpha value is -0.980. The average molecular weight is 322 g/mol. The summed E-state index contributed by atoms with van der Waals surface area (Å²) < 4.78 is 8.07. The molecule has 6 heteroatoms. The third-order valence-corrected chi connectivity index (χ3v) is 5.72. The van der Waals surface area contributed by atoms with Crippen molar-refractivity contribution in [2.75, 3.05) is 19.7 Å². The van der Waals surface area contributed by atoms with E-state index < -0.39 is 0 Å². The second kappa shape index (κ2) is 6.87. The lowest BCUT2D eigenvalue weighted by Gasteiger charge is -2.56. The molecule has 2 heterocycles. The second-order valence-electron chi connectivity index (χ2n) is 7.02. The molecule has 2 atom stereocenters. The van der Waals surface area contributed by atoms with Gasteiger partial charge < -0.3 is 14.4 Å². The summed E-state index contributed by atoms with van der Waals surface area (Å²) in [6, 6.07) is 0. The summed E-state index contributed by atoms with van der Waals surface area (Å²) in [5.74, 6) is 2.07. The highest BCUT2D eigenvalue weighted by molar-refractivity contribution is 5.07. The fraction of sp³-hybridized carbons (Fsp3) is 0.882. The molecule has 0 radical (unpaired) electrons. The molecule has 1 aliphatic carbocycles. The van der Waals surface area contributed by atoms with Gasteiger partial charge in [-0.3, -0.25) is 4.90 Å². The molecular formula is C17H30N4O2. The number of piperidine rings is 1. The zero-order valence-corrected chi connectivity index (χ0v) is 14.7. The first-order valence-electron chi connectivity index (χ1n) is 9.01. The van der Waals surface area contributed by atoms with Crippen LogP contribution in [-0.4, -0.2) is 56.7 Å². The van der Waals surface area contributed by atoms with Crippen molar-refractivity contribution in [2.45, 2.75) is 71.8 Å². The highest BCUT2D eigenvalue weighted by Gasteiger charge is 2.55. The number of hydrogen-bond donors (Lipinski definition) is 1. The Morgan fingerprint density at radius 1 is 1.26 bits per heavy atom. The Morgan fingerprint density at radius 3 is 2.61 bits per heavy atom. The summed E-state index contributed by atoms with van der Waals surface area (Å²) in [6.45, 7) is 10.8. The smallest absolute Gasteiger partial charge is 0.147 e. The molecule has 23 heavy (non-hydrogen) atoms. The van der Waals surface area contributed by atoms with Gasteiger partial charge >= 0.3 is 0 Å². The highest BCUT2D eigenvalue weighted by atomic mass is 16.5. The quantitative estimate of drug-likeness (QED) is 0.864. The molecular weight excluding hydrogens is 292 g/mol. The van der Waals surface area contributed by atoms with Crippen molar-refractivity contribution in [1.29, 1.82) is 0 Å². The minimum absolute atomic E-state index is 0.000478. The lowest BCUT2D eigenvalue weighted by Crippen LogP contribution is -2.62. The third-order valence-electron chi connectivity index (χ3n) is 5.72. The molecule has 1 N–H and O–H groups in total. The fourth-order valence-corrected chi connectivity index (χ4v) is 4.20. The Balaban J connectivity index is 1.59. The molecule has 6 nitrogen and oxygen atoms in total. The van der Waals surface area contributed by atoms with Crippen molar-refractivity contribution >= 4 is 0 Å². The number of ether oxygens (including phenoxy) is 1. The van der Waals surface area contributed by atoms with E-state index in [1.165, 1.54) is 0 Å². The van der Waals surface area contributed by atoms with E-state index in [1.807, 2.05) is 13.8 Å². The number of nitrogens with zero attached hydrogens (tertiary/aromatic N) is 4. The minimum Gasteiger partial charge on any atom is -0.392 e. The molecule has 2 unspecified atom stereocenters. The van der Waals surface area contributed by atoms with Gasteiger partial charge in [0.1, 0.15) is 11.6 Å². The van der Waals surface area contributed by atoms with Crippen LogP contribution in [0.5, 0.6) is 0 Å². The van der Waals surface area contributed by atoms with Crippen LogP contribution < -0.4 is 0 Å². The maximum absolute atomic E-state index is 10.3. The van der Waals surface area contributed by atoms with Gasteiger partial charge in [0.15, 0.2) is 0 Å². The third kappa shape index (κ3) is 3.04. The summed E-state index contributed by atoms with van der Waals surface area (Å²) in [5, 5.41) is 18.9. The van der Waals surface area contributed by atoms with Gasteiger partial charge in [0.05, 0.1) is 18.8 Å². The first-order valence-corrected chi connectivity index (χ1v) is 9.01. The standard InChI is InChI=1S/C17H30N4O2/c1-4-8-21-13(3)18-19-16(21)12-20-9-6-17(7-10-20)14(22)11-15(17)23-5-2/h14-15,22H,4-12H2,1-3H3. The maximum atomic E-state index is 10.3. The van der Waals surface area contributed by atoms with Gasteiger partial charge in [-0.25, -0.2) is 0 Å². The van der Waals surface area contributed by atoms with Crippen LogP contribution >= 0.6 is 0 Å². The van der Waals surface area contributed by atoms with Crippen molar-refractivity contribution in [3.8, 4) is 0 Å². The van der Waals surface area contributed by atoms with E-state index in [9.17, 15) is 5.11 Å². The van der Waals surface area contributed by atoms with Crippen molar-refractivity contribution in [3.63, 3.8) is 0 Å². The molecule has 0 amide bonds. The molecule has 1 aromatic heterocycles. The van der Waals surface area contributed by atoms with E-state index in [-0.39, 0.29) is 17.6 Å². The lowest BCUT2D eigenvalue weighted by molar-refractivity contribution is -0.210. The number of aliphatic hydroxyl groups excluding tert-OH is 1. The minimum atomic E-state index is -0.188. The zero-order valence-electron chi connectivity index (χ0n) is 14.7. The lowest BCUT2D eigenvalue weighted by atomic mass is 9.58. The molecule has 1 aromatic rings. The molecule has 1 saturated heterocycles. The van der Waals surface area contributed by atoms with Crippen molar-refractivity contribution in [2.24, 2.45) is 5.41 Å². The van der Waals surface area contributed by atoms with Gasteiger partial charge in [-0.05, 0) is 46.2 Å². The van der Waals surface area contributed by atoms with E-state index in [0.29, 0.717) is 0 Å². The first-order chi connectivity index (χ1) is 11.1. The number of aliphatic hydroxyl groups is 1. The van der Waals surface area contributed by atoms with E-state index in [1.54, 1.807) is 0 Å². The van der Waals surface area contributed by atoms with E-state index in [2.05, 4.69) is 26.6 Å². The van der Waals surface area contributed by atoms with Gasteiger partial charge in [0.2, 0.25) is 0 Å². The molecule has 0 bridgehead atoms. The Bertz CT molecular complexity index is 521. The van der Waals surface area contributed by atoms with E-state index in [0.717, 1.165) is 70.1 Å².